The summed E-state index contributed by atoms with van der Waals surface area (Å²) in [6, 6.07) is 5.92. The molecule has 0 saturated heterocycles. The molecular formula is C11H15N3O3. The standard InChI is InChI=1S/C11H15N3O3/c1-14(11(17)13-7-6-12)9-5-3-2-4-8(9)10(15)16/h2-5H,6-7,12H2,1H3,(H,13,17)(H,15,16). The molecule has 0 aromatic heterocycles. The summed E-state index contributed by atoms with van der Waals surface area (Å²) < 4.78 is 0. The third kappa shape index (κ3) is 3.18. The predicted molar refractivity (Wildman–Crippen MR) is 64.3 cm³/mol. The molecule has 0 heterocycles. The minimum absolute atomic E-state index is 0.0814. The summed E-state index contributed by atoms with van der Waals surface area (Å²) in [5.74, 6) is -1.07. The van der Waals surface area contributed by atoms with Crippen LogP contribution in [0, 0.1) is 0 Å². The molecule has 0 fully saturated rings. The number of amides is 2. The van der Waals surface area contributed by atoms with Gasteiger partial charge in [0.2, 0.25) is 0 Å². The van der Waals surface area contributed by atoms with Crippen molar-refractivity contribution in [1.82, 2.24) is 5.32 Å². The minimum atomic E-state index is -1.07. The Hall–Kier alpha value is -2.08. The van der Waals surface area contributed by atoms with Crippen LogP contribution < -0.4 is 16.0 Å². The molecule has 1 aromatic carbocycles. The van der Waals surface area contributed by atoms with Crippen molar-refractivity contribution in [3.63, 3.8) is 0 Å². The predicted octanol–water partition coefficient (Wildman–Crippen LogP) is 0.489. The van der Waals surface area contributed by atoms with Gasteiger partial charge < -0.3 is 16.2 Å². The van der Waals surface area contributed by atoms with Crippen LogP contribution in [0.15, 0.2) is 24.3 Å². The van der Waals surface area contributed by atoms with Gasteiger partial charge in [-0.05, 0) is 12.1 Å². The molecule has 0 radical (unpaired) electrons. The topological polar surface area (TPSA) is 95.7 Å². The first-order chi connectivity index (χ1) is 8.07. The Kier molecular flexibility index (Phi) is 4.47. The monoisotopic (exact) mass is 237 g/mol. The van der Waals surface area contributed by atoms with Crippen LogP contribution >= 0.6 is 0 Å². The summed E-state index contributed by atoms with van der Waals surface area (Å²) in [4.78, 5) is 23.9. The molecule has 0 aliphatic carbocycles. The highest BCUT2D eigenvalue weighted by Gasteiger charge is 2.16. The zero-order chi connectivity index (χ0) is 12.8. The number of para-hydroxylation sites is 1. The van der Waals surface area contributed by atoms with Gasteiger partial charge in [0.1, 0.15) is 0 Å². The van der Waals surface area contributed by atoms with Crippen molar-refractivity contribution in [2.45, 2.75) is 0 Å². The van der Waals surface area contributed by atoms with Gasteiger partial charge in [-0.2, -0.15) is 0 Å². The Bertz CT molecular complexity index is 420. The fraction of sp³-hybridized carbons (Fsp3) is 0.273. The average Bonchev–Trinajstić information content (AvgIpc) is 2.34. The maximum absolute atomic E-state index is 11.6. The lowest BCUT2D eigenvalue weighted by molar-refractivity contribution is 0.0697. The second-order valence-electron chi connectivity index (χ2n) is 3.40. The Morgan fingerprint density at radius 2 is 2.06 bits per heavy atom. The number of carboxylic acids is 1. The van der Waals surface area contributed by atoms with Gasteiger partial charge in [-0.25, -0.2) is 9.59 Å². The number of benzene rings is 1. The number of carbonyl (C=O) groups excluding carboxylic acids is 1. The normalized spacial score (nSPS) is 9.76. The van der Waals surface area contributed by atoms with Crippen molar-refractivity contribution in [3.05, 3.63) is 29.8 Å². The lowest BCUT2D eigenvalue weighted by Gasteiger charge is -2.19. The van der Waals surface area contributed by atoms with E-state index in [2.05, 4.69) is 5.32 Å². The second-order valence-corrected chi connectivity index (χ2v) is 3.40. The lowest BCUT2D eigenvalue weighted by atomic mass is 10.1. The number of rotatable bonds is 4. The smallest absolute Gasteiger partial charge is 0.337 e. The third-order valence-corrected chi connectivity index (χ3v) is 2.22. The van der Waals surface area contributed by atoms with Crippen molar-refractivity contribution >= 4 is 17.7 Å². The molecule has 0 bridgehead atoms. The summed E-state index contributed by atoms with van der Waals surface area (Å²) in [5.41, 5.74) is 5.69. The van der Waals surface area contributed by atoms with E-state index in [9.17, 15) is 9.59 Å². The molecule has 92 valence electrons. The van der Waals surface area contributed by atoms with Crippen LogP contribution in [0.1, 0.15) is 10.4 Å². The van der Waals surface area contributed by atoms with Crippen molar-refractivity contribution in [1.29, 1.82) is 0 Å². The minimum Gasteiger partial charge on any atom is -0.478 e. The molecule has 6 heteroatoms. The van der Waals surface area contributed by atoms with E-state index in [1.54, 1.807) is 18.2 Å². The first-order valence-electron chi connectivity index (χ1n) is 5.12. The van der Waals surface area contributed by atoms with E-state index in [1.165, 1.54) is 18.0 Å². The summed E-state index contributed by atoms with van der Waals surface area (Å²) in [5, 5.41) is 11.6. The molecular weight excluding hydrogens is 222 g/mol. The van der Waals surface area contributed by atoms with Crippen LogP contribution in [0.5, 0.6) is 0 Å². The van der Waals surface area contributed by atoms with Crippen molar-refractivity contribution < 1.29 is 14.7 Å². The SMILES string of the molecule is CN(C(=O)NCCN)c1ccccc1C(=O)O. The van der Waals surface area contributed by atoms with Gasteiger partial charge in [-0.1, -0.05) is 12.1 Å². The Morgan fingerprint density at radius 1 is 1.41 bits per heavy atom. The first-order valence-corrected chi connectivity index (χ1v) is 5.12. The van der Waals surface area contributed by atoms with Crippen molar-refractivity contribution in [2.75, 3.05) is 25.0 Å². The number of anilines is 1. The molecule has 0 spiro atoms. The molecule has 0 unspecified atom stereocenters. The number of aromatic carboxylic acids is 1. The number of carboxylic acid groups (broad SMARTS) is 1. The molecule has 1 rings (SSSR count). The van der Waals surface area contributed by atoms with Gasteiger partial charge in [-0.3, -0.25) is 4.90 Å². The highest BCUT2D eigenvalue weighted by Crippen LogP contribution is 2.18. The zero-order valence-electron chi connectivity index (χ0n) is 9.51. The fourth-order valence-electron chi connectivity index (χ4n) is 1.35. The van der Waals surface area contributed by atoms with Gasteiger partial charge >= 0.3 is 12.0 Å². The van der Waals surface area contributed by atoms with Gasteiger partial charge in [0.25, 0.3) is 0 Å². The molecule has 1 aromatic rings. The van der Waals surface area contributed by atoms with Crippen LogP contribution in [-0.4, -0.2) is 37.2 Å². The molecule has 0 aliphatic rings. The fourth-order valence-corrected chi connectivity index (χ4v) is 1.35. The van der Waals surface area contributed by atoms with E-state index < -0.39 is 5.97 Å². The summed E-state index contributed by atoms with van der Waals surface area (Å²) >= 11 is 0. The number of urea groups is 1. The van der Waals surface area contributed by atoms with E-state index in [0.717, 1.165) is 0 Å². The number of hydrogen-bond acceptors (Lipinski definition) is 3. The van der Waals surface area contributed by atoms with E-state index in [4.69, 9.17) is 10.8 Å². The maximum atomic E-state index is 11.6. The highest BCUT2D eigenvalue weighted by atomic mass is 16.4. The zero-order valence-corrected chi connectivity index (χ0v) is 9.51. The molecule has 0 atom stereocenters. The van der Waals surface area contributed by atoms with Gasteiger partial charge in [0, 0.05) is 20.1 Å². The van der Waals surface area contributed by atoms with Crippen molar-refractivity contribution in [3.8, 4) is 0 Å². The van der Waals surface area contributed by atoms with Crippen LogP contribution in [0.3, 0.4) is 0 Å². The van der Waals surface area contributed by atoms with Crippen LogP contribution in [0.25, 0.3) is 0 Å². The van der Waals surface area contributed by atoms with Crippen LogP contribution in [0.4, 0.5) is 10.5 Å². The van der Waals surface area contributed by atoms with Gasteiger partial charge in [-0.15, -0.1) is 0 Å². The van der Waals surface area contributed by atoms with Crippen LogP contribution in [0.2, 0.25) is 0 Å². The average molecular weight is 237 g/mol. The van der Waals surface area contributed by atoms with Crippen LogP contribution in [-0.2, 0) is 0 Å². The Morgan fingerprint density at radius 3 is 2.65 bits per heavy atom. The lowest BCUT2D eigenvalue weighted by Crippen LogP contribution is -2.40. The van der Waals surface area contributed by atoms with Crippen molar-refractivity contribution in [2.24, 2.45) is 5.73 Å². The van der Waals surface area contributed by atoms with E-state index in [1.807, 2.05) is 0 Å². The quantitative estimate of drug-likeness (QED) is 0.710. The molecule has 0 aliphatic heterocycles. The highest BCUT2D eigenvalue weighted by molar-refractivity contribution is 6.01. The molecule has 6 nitrogen and oxygen atoms in total. The number of hydrogen-bond donors (Lipinski definition) is 3. The number of nitrogens with two attached hydrogens (primary N) is 1. The van der Waals surface area contributed by atoms with Gasteiger partial charge in [0.15, 0.2) is 0 Å². The van der Waals surface area contributed by atoms with E-state index in [-0.39, 0.29) is 11.6 Å². The largest absolute Gasteiger partial charge is 0.478 e. The summed E-state index contributed by atoms with van der Waals surface area (Å²) in [7, 11) is 1.51. The molecule has 4 N–H and O–H groups in total. The number of nitrogens with zero attached hydrogens (tertiary/aromatic N) is 1. The number of nitrogens with one attached hydrogen (secondary N) is 1. The Labute approximate surface area is 99.0 Å². The Balaban J connectivity index is 2.91. The van der Waals surface area contributed by atoms with E-state index >= 15 is 0 Å². The molecule has 2 amide bonds. The van der Waals surface area contributed by atoms with Gasteiger partial charge in [0.05, 0.1) is 11.3 Å². The third-order valence-electron chi connectivity index (χ3n) is 2.22. The maximum Gasteiger partial charge on any atom is 0.337 e. The number of carbonyl (C=O) groups is 2. The molecule has 0 saturated carbocycles. The summed E-state index contributed by atoms with van der Waals surface area (Å²) in [6.07, 6.45) is 0. The second kappa shape index (κ2) is 5.86. The summed E-state index contributed by atoms with van der Waals surface area (Å²) in [6.45, 7) is 0.679. The molecule has 17 heavy (non-hydrogen) atoms. The van der Waals surface area contributed by atoms with E-state index in [0.29, 0.717) is 18.8 Å². The first kappa shape index (κ1) is 13.0.